The Kier molecular flexibility index (Phi) is 4.64. The smallest absolute Gasteiger partial charge is 0.0897 e. The first-order chi connectivity index (χ1) is 8.86. The maximum atomic E-state index is 4.56. The number of aromatic nitrogens is 1. The van der Waals surface area contributed by atoms with Gasteiger partial charge in [-0.25, -0.2) is 4.98 Å². The summed E-state index contributed by atoms with van der Waals surface area (Å²) in [6.07, 6.45) is 1.07. The highest BCUT2D eigenvalue weighted by Crippen LogP contribution is 2.23. The number of thiazole rings is 1. The van der Waals surface area contributed by atoms with Crippen LogP contribution >= 0.6 is 11.3 Å². The number of nitrogens with zero attached hydrogens (tertiary/aromatic N) is 2. The molecule has 2 heterocycles. The normalized spacial score (nSPS) is 25.7. The van der Waals surface area contributed by atoms with Gasteiger partial charge in [0.1, 0.15) is 0 Å². The summed E-state index contributed by atoms with van der Waals surface area (Å²) >= 11 is 1.75. The zero-order chi connectivity index (χ0) is 14.0. The lowest BCUT2D eigenvalue weighted by Gasteiger charge is -2.44. The summed E-state index contributed by atoms with van der Waals surface area (Å²) in [6, 6.07) is 1.21. The average Bonchev–Trinajstić information content (AvgIpc) is 2.72. The fourth-order valence-electron chi connectivity index (χ4n) is 2.59. The number of nitrogens with one attached hydrogen (secondary N) is 1. The molecule has 1 aromatic rings. The Hall–Kier alpha value is -0.450. The molecular weight excluding hydrogens is 254 g/mol. The van der Waals surface area contributed by atoms with Gasteiger partial charge in [-0.2, -0.15) is 0 Å². The first kappa shape index (κ1) is 14.9. The van der Waals surface area contributed by atoms with Crippen LogP contribution in [0.1, 0.15) is 38.4 Å². The molecule has 19 heavy (non-hydrogen) atoms. The quantitative estimate of drug-likeness (QED) is 0.923. The van der Waals surface area contributed by atoms with E-state index in [-0.39, 0.29) is 0 Å². The molecule has 1 aromatic heterocycles. The highest BCUT2D eigenvalue weighted by Gasteiger charge is 2.32. The van der Waals surface area contributed by atoms with Crippen molar-refractivity contribution in [3.05, 3.63) is 16.1 Å². The number of rotatable bonds is 3. The van der Waals surface area contributed by atoms with Crippen molar-refractivity contribution in [2.24, 2.45) is 5.41 Å². The Morgan fingerprint density at radius 1 is 1.47 bits per heavy atom. The van der Waals surface area contributed by atoms with Crippen LogP contribution in [0.15, 0.2) is 5.38 Å². The van der Waals surface area contributed by atoms with Gasteiger partial charge in [-0.15, -0.1) is 11.3 Å². The number of hydrogen-bond acceptors (Lipinski definition) is 4. The van der Waals surface area contributed by atoms with Crippen LogP contribution in [-0.2, 0) is 6.42 Å². The lowest BCUT2D eigenvalue weighted by Crippen LogP contribution is -2.59. The van der Waals surface area contributed by atoms with Gasteiger partial charge < -0.3 is 5.32 Å². The molecular formula is C15H27N3S. The van der Waals surface area contributed by atoms with Gasteiger partial charge in [0.05, 0.1) is 10.7 Å². The van der Waals surface area contributed by atoms with Gasteiger partial charge in [0, 0.05) is 43.5 Å². The molecule has 0 aliphatic carbocycles. The van der Waals surface area contributed by atoms with Crippen LogP contribution < -0.4 is 5.32 Å². The van der Waals surface area contributed by atoms with Gasteiger partial charge in [0.2, 0.25) is 0 Å². The average molecular weight is 281 g/mol. The molecule has 1 aliphatic heterocycles. The van der Waals surface area contributed by atoms with Crippen LogP contribution in [0.2, 0.25) is 0 Å². The summed E-state index contributed by atoms with van der Waals surface area (Å²) in [5.74, 6) is 0. The predicted molar refractivity (Wildman–Crippen MR) is 82.8 cm³/mol. The monoisotopic (exact) mass is 281 g/mol. The van der Waals surface area contributed by atoms with Crippen LogP contribution in [0.25, 0.3) is 0 Å². The molecule has 108 valence electrons. The van der Waals surface area contributed by atoms with E-state index in [0.29, 0.717) is 17.5 Å². The molecule has 0 spiro atoms. The number of aryl methyl sites for hydroxylation is 1. The number of hydrogen-bond donors (Lipinski definition) is 1. The van der Waals surface area contributed by atoms with Gasteiger partial charge in [-0.05, 0) is 19.3 Å². The van der Waals surface area contributed by atoms with Crippen LogP contribution in [0.4, 0.5) is 0 Å². The van der Waals surface area contributed by atoms with Crippen LogP contribution in [0.3, 0.4) is 0 Å². The lowest BCUT2D eigenvalue weighted by atomic mass is 9.85. The molecule has 0 amide bonds. The van der Waals surface area contributed by atoms with E-state index in [2.05, 4.69) is 55.2 Å². The molecule has 2 unspecified atom stereocenters. The fourth-order valence-corrected chi connectivity index (χ4v) is 3.24. The van der Waals surface area contributed by atoms with Crippen molar-refractivity contribution >= 4 is 11.3 Å². The summed E-state index contributed by atoms with van der Waals surface area (Å²) in [6.45, 7) is 14.7. The largest absolute Gasteiger partial charge is 0.311 e. The molecule has 3 nitrogen and oxygen atoms in total. The van der Waals surface area contributed by atoms with Crippen LogP contribution in [0.5, 0.6) is 0 Å². The minimum absolute atomic E-state index is 0.329. The van der Waals surface area contributed by atoms with E-state index >= 15 is 0 Å². The van der Waals surface area contributed by atoms with Crippen LogP contribution in [0, 0.1) is 12.3 Å². The molecule has 2 rings (SSSR count). The van der Waals surface area contributed by atoms with Crippen molar-refractivity contribution in [1.82, 2.24) is 15.2 Å². The first-order valence-electron chi connectivity index (χ1n) is 7.24. The van der Waals surface area contributed by atoms with Crippen molar-refractivity contribution in [3.8, 4) is 0 Å². The van der Waals surface area contributed by atoms with E-state index in [4.69, 9.17) is 0 Å². The summed E-state index contributed by atoms with van der Waals surface area (Å²) in [7, 11) is 0. The van der Waals surface area contributed by atoms with Crippen molar-refractivity contribution in [2.45, 2.75) is 53.1 Å². The maximum absolute atomic E-state index is 4.56. The molecule has 0 aromatic carbocycles. The Labute approximate surface area is 121 Å². The third kappa shape index (κ3) is 4.01. The second kappa shape index (κ2) is 5.90. The van der Waals surface area contributed by atoms with Gasteiger partial charge in [-0.3, -0.25) is 4.90 Å². The third-order valence-electron chi connectivity index (χ3n) is 4.07. The molecule has 0 bridgehead atoms. The Morgan fingerprint density at radius 2 is 2.21 bits per heavy atom. The van der Waals surface area contributed by atoms with Crippen molar-refractivity contribution in [1.29, 1.82) is 0 Å². The SMILES string of the molecule is Cc1nc(CCN2CC(C(C)(C)C)NCC2C)cs1. The summed E-state index contributed by atoms with van der Waals surface area (Å²) < 4.78 is 0. The molecule has 1 N–H and O–H groups in total. The Morgan fingerprint density at radius 3 is 2.79 bits per heavy atom. The highest BCUT2D eigenvalue weighted by atomic mass is 32.1. The second-order valence-electron chi connectivity index (χ2n) is 6.78. The van der Waals surface area contributed by atoms with E-state index in [0.717, 1.165) is 26.1 Å². The van der Waals surface area contributed by atoms with Gasteiger partial charge >= 0.3 is 0 Å². The van der Waals surface area contributed by atoms with Crippen molar-refractivity contribution in [3.63, 3.8) is 0 Å². The molecule has 0 radical (unpaired) electrons. The van der Waals surface area contributed by atoms with Crippen LogP contribution in [-0.4, -0.2) is 41.6 Å². The third-order valence-corrected chi connectivity index (χ3v) is 4.89. The van der Waals surface area contributed by atoms with Gasteiger partial charge in [-0.1, -0.05) is 20.8 Å². The Bertz CT molecular complexity index is 408. The molecule has 1 saturated heterocycles. The molecule has 1 fully saturated rings. The predicted octanol–water partition coefficient (Wildman–Crippen LogP) is 2.70. The molecule has 4 heteroatoms. The Balaban J connectivity index is 1.90. The maximum Gasteiger partial charge on any atom is 0.0897 e. The van der Waals surface area contributed by atoms with E-state index in [1.807, 2.05) is 0 Å². The minimum atomic E-state index is 0.329. The van der Waals surface area contributed by atoms with Gasteiger partial charge in [0.25, 0.3) is 0 Å². The van der Waals surface area contributed by atoms with Gasteiger partial charge in [0.15, 0.2) is 0 Å². The highest BCUT2D eigenvalue weighted by molar-refractivity contribution is 7.09. The van der Waals surface area contributed by atoms with Crippen molar-refractivity contribution < 1.29 is 0 Å². The topological polar surface area (TPSA) is 28.2 Å². The standard InChI is InChI=1S/C15H27N3S/c1-11-8-16-14(15(3,4)5)9-18(11)7-6-13-10-19-12(2)17-13/h10-11,14,16H,6-9H2,1-5H3. The fraction of sp³-hybridized carbons (Fsp3) is 0.800. The van der Waals surface area contributed by atoms with E-state index in [1.165, 1.54) is 10.7 Å². The van der Waals surface area contributed by atoms with E-state index in [1.54, 1.807) is 11.3 Å². The summed E-state index contributed by atoms with van der Waals surface area (Å²) in [4.78, 5) is 7.18. The summed E-state index contributed by atoms with van der Waals surface area (Å²) in [5, 5.41) is 7.06. The van der Waals surface area contributed by atoms with Crippen molar-refractivity contribution in [2.75, 3.05) is 19.6 Å². The minimum Gasteiger partial charge on any atom is -0.311 e. The summed E-state index contributed by atoms with van der Waals surface area (Å²) in [5.41, 5.74) is 1.58. The van der Waals surface area contributed by atoms with E-state index < -0.39 is 0 Å². The number of piperazine rings is 1. The lowest BCUT2D eigenvalue weighted by molar-refractivity contribution is 0.0946. The van der Waals surface area contributed by atoms with E-state index in [9.17, 15) is 0 Å². The first-order valence-corrected chi connectivity index (χ1v) is 8.12. The molecule has 0 saturated carbocycles. The zero-order valence-corrected chi connectivity index (χ0v) is 13.7. The molecule has 2 atom stereocenters. The zero-order valence-electron chi connectivity index (χ0n) is 12.9. The molecule has 1 aliphatic rings. The second-order valence-corrected chi connectivity index (χ2v) is 7.84.